The summed E-state index contributed by atoms with van der Waals surface area (Å²) in [4.78, 5) is 13.6. The molecule has 5 heteroatoms. The lowest BCUT2D eigenvalue weighted by atomic mass is 10.1. The number of carbonyl (C=O) groups excluding carboxylic acids is 1. The van der Waals surface area contributed by atoms with Crippen molar-refractivity contribution in [3.8, 4) is 5.75 Å². The van der Waals surface area contributed by atoms with E-state index in [0.717, 1.165) is 0 Å². The molecule has 0 heterocycles. The van der Waals surface area contributed by atoms with Crippen LogP contribution in [-0.4, -0.2) is 49.6 Å². The van der Waals surface area contributed by atoms with Crippen molar-refractivity contribution in [3.63, 3.8) is 0 Å². The van der Waals surface area contributed by atoms with Crippen molar-refractivity contribution in [2.24, 2.45) is 0 Å². The number of benzene rings is 1. The molecule has 0 radical (unpaired) electrons. The highest BCUT2D eigenvalue weighted by atomic mass is 35.5. The molecule has 1 rings (SSSR count). The van der Waals surface area contributed by atoms with E-state index in [1.807, 2.05) is 0 Å². The monoisotopic (exact) mass is 257 g/mol. The Labute approximate surface area is 106 Å². The topological polar surface area (TPSA) is 49.8 Å². The summed E-state index contributed by atoms with van der Waals surface area (Å²) in [7, 11) is 3.30. The van der Waals surface area contributed by atoms with Crippen LogP contribution in [0.4, 0.5) is 0 Å². The Morgan fingerprint density at radius 2 is 2.24 bits per heavy atom. The van der Waals surface area contributed by atoms with E-state index in [-0.39, 0.29) is 18.9 Å². The summed E-state index contributed by atoms with van der Waals surface area (Å²) in [5.41, 5.74) is 0.542. The molecule has 0 saturated heterocycles. The number of likely N-dealkylation sites (N-methyl/N-ethyl adjacent to an activating group) is 1. The first-order valence-electron chi connectivity index (χ1n) is 5.24. The number of aliphatic hydroxyl groups is 1. The molecule has 4 nitrogen and oxygen atoms in total. The number of ketones is 1. The van der Waals surface area contributed by atoms with Crippen molar-refractivity contribution >= 4 is 17.4 Å². The standard InChI is InChI=1S/C12H16ClNO3/c1-14(5-6-15)8-11(16)9-3-4-12(17-2)10(13)7-9/h3-4,7,15H,5-6,8H2,1-2H3. The van der Waals surface area contributed by atoms with Gasteiger partial charge in [0.25, 0.3) is 0 Å². The van der Waals surface area contributed by atoms with Crippen molar-refractivity contribution in [3.05, 3.63) is 28.8 Å². The average Bonchev–Trinajstić information content (AvgIpc) is 2.29. The van der Waals surface area contributed by atoms with E-state index in [0.29, 0.717) is 22.9 Å². The van der Waals surface area contributed by atoms with Crippen LogP contribution in [0.15, 0.2) is 18.2 Å². The molecule has 0 amide bonds. The smallest absolute Gasteiger partial charge is 0.176 e. The number of halogens is 1. The minimum Gasteiger partial charge on any atom is -0.495 e. The zero-order chi connectivity index (χ0) is 12.8. The largest absolute Gasteiger partial charge is 0.495 e. The molecular weight excluding hydrogens is 242 g/mol. The quantitative estimate of drug-likeness (QED) is 0.784. The van der Waals surface area contributed by atoms with Crippen molar-refractivity contribution in [1.82, 2.24) is 4.90 Å². The van der Waals surface area contributed by atoms with Gasteiger partial charge in [0, 0.05) is 12.1 Å². The molecule has 0 unspecified atom stereocenters. The second-order valence-electron chi connectivity index (χ2n) is 3.73. The molecule has 1 N–H and O–H groups in total. The van der Waals surface area contributed by atoms with E-state index in [4.69, 9.17) is 21.4 Å². The molecule has 1 aromatic carbocycles. The Balaban J connectivity index is 2.72. The second-order valence-corrected chi connectivity index (χ2v) is 4.14. The molecule has 0 saturated carbocycles. The van der Waals surface area contributed by atoms with Gasteiger partial charge in [-0.25, -0.2) is 0 Å². The van der Waals surface area contributed by atoms with Gasteiger partial charge in [0.2, 0.25) is 0 Å². The number of nitrogens with zero attached hydrogens (tertiary/aromatic N) is 1. The first kappa shape index (κ1) is 14.0. The number of Topliss-reactive ketones (excluding diaryl/α,β-unsaturated/α-hetero) is 1. The first-order valence-corrected chi connectivity index (χ1v) is 5.62. The van der Waals surface area contributed by atoms with E-state index in [2.05, 4.69) is 0 Å². The van der Waals surface area contributed by atoms with E-state index >= 15 is 0 Å². The fourth-order valence-corrected chi connectivity index (χ4v) is 1.68. The molecule has 0 aliphatic carbocycles. The highest BCUT2D eigenvalue weighted by molar-refractivity contribution is 6.32. The third-order valence-corrected chi connectivity index (χ3v) is 2.66. The molecule has 0 aromatic heterocycles. The summed E-state index contributed by atoms with van der Waals surface area (Å²) in [6.45, 7) is 0.756. The van der Waals surface area contributed by atoms with Gasteiger partial charge in [-0.1, -0.05) is 11.6 Å². The zero-order valence-corrected chi connectivity index (χ0v) is 10.7. The van der Waals surface area contributed by atoms with Crippen LogP contribution < -0.4 is 4.74 Å². The summed E-state index contributed by atoms with van der Waals surface area (Å²) in [5.74, 6) is 0.512. The third-order valence-electron chi connectivity index (χ3n) is 2.37. The molecule has 0 spiro atoms. The molecule has 94 valence electrons. The summed E-state index contributed by atoms with van der Waals surface area (Å²) >= 11 is 5.94. The Hall–Kier alpha value is -1.10. The zero-order valence-electron chi connectivity index (χ0n) is 9.94. The van der Waals surface area contributed by atoms with E-state index in [1.165, 1.54) is 7.11 Å². The average molecular weight is 258 g/mol. The minimum absolute atomic E-state index is 0.0349. The Morgan fingerprint density at radius 1 is 1.53 bits per heavy atom. The fraction of sp³-hybridized carbons (Fsp3) is 0.417. The van der Waals surface area contributed by atoms with Gasteiger partial charge in [0.15, 0.2) is 5.78 Å². The fourth-order valence-electron chi connectivity index (χ4n) is 1.43. The van der Waals surface area contributed by atoms with Crippen LogP contribution in [0.25, 0.3) is 0 Å². The van der Waals surface area contributed by atoms with Crippen LogP contribution in [0.1, 0.15) is 10.4 Å². The Morgan fingerprint density at radius 3 is 2.76 bits per heavy atom. The summed E-state index contributed by atoms with van der Waals surface area (Å²) in [6.07, 6.45) is 0. The third kappa shape index (κ3) is 4.00. The maximum absolute atomic E-state index is 11.9. The maximum atomic E-state index is 11.9. The van der Waals surface area contributed by atoms with Crippen molar-refractivity contribution in [1.29, 1.82) is 0 Å². The normalized spacial score (nSPS) is 10.6. The summed E-state index contributed by atoms with van der Waals surface area (Å²) < 4.78 is 5.01. The van der Waals surface area contributed by atoms with Crippen LogP contribution in [0, 0.1) is 0 Å². The van der Waals surface area contributed by atoms with Crippen LogP contribution in [0.3, 0.4) is 0 Å². The van der Waals surface area contributed by atoms with Gasteiger partial charge < -0.3 is 9.84 Å². The highest BCUT2D eigenvalue weighted by Gasteiger charge is 2.11. The van der Waals surface area contributed by atoms with Gasteiger partial charge in [-0.05, 0) is 25.2 Å². The number of hydrogen-bond acceptors (Lipinski definition) is 4. The van der Waals surface area contributed by atoms with Gasteiger partial charge in [-0.15, -0.1) is 0 Å². The van der Waals surface area contributed by atoms with Crippen molar-refractivity contribution < 1.29 is 14.6 Å². The molecule has 17 heavy (non-hydrogen) atoms. The molecule has 0 atom stereocenters. The lowest BCUT2D eigenvalue weighted by Crippen LogP contribution is -2.28. The molecule has 1 aromatic rings. The molecule has 0 bridgehead atoms. The SMILES string of the molecule is COc1ccc(C(=O)CN(C)CCO)cc1Cl. The van der Waals surface area contributed by atoms with Crippen LogP contribution in [0.2, 0.25) is 5.02 Å². The van der Waals surface area contributed by atoms with Crippen molar-refractivity contribution in [2.45, 2.75) is 0 Å². The number of hydrogen-bond donors (Lipinski definition) is 1. The molecule has 0 aliphatic heterocycles. The van der Waals surface area contributed by atoms with Gasteiger partial charge >= 0.3 is 0 Å². The van der Waals surface area contributed by atoms with E-state index in [9.17, 15) is 4.79 Å². The summed E-state index contributed by atoms with van der Waals surface area (Å²) in [6, 6.07) is 4.94. The number of rotatable bonds is 6. The van der Waals surface area contributed by atoms with Crippen LogP contribution in [-0.2, 0) is 0 Å². The van der Waals surface area contributed by atoms with Gasteiger partial charge in [-0.2, -0.15) is 0 Å². The van der Waals surface area contributed by atoms with E-state index < -0.39 is 0 Å². The van der Waals surface area contributed by atoms with Gasteiger partial charge in [0.1, 0.15) is 5.75 Å². The molecule has 0 fully saturated rings. The van der Waals surface area contributed by atoms with Crippen LogP contribution in [0.5, 0.6) is 5.75 Å². The molecular formula is C12H16ClNO3. The van der Waals surface area contributed by atoms with E-state index in [1.54, 1.807) is 30.1 Å². The lowest BCUT2D eigenvalue weighted by Gasteiger charge is -2.14. The van der Waals surface area contributed by atoms with Crippen molar-refractivity contribution in [2.75, 3.05) is 33.9 Å². The first-order chi connectivity index (χ1) is 8.08. The van der Waals surface area contributed by atoms with Crippen LogP contribution >= 0.6 is 11.6 Å². The van der Waals surface area contributed by atoms with Gasteiger partial charge in [0.05, 0.1) is 25.3 Å². The minimum atomic E-state index is -0.0366. The number of carbonyl (C=O) groups is 1. The van der Waals surface area contributed by atoms with Gasteiger partial charge in [-0.3, -0.25) is 9.69 Å². The highest BCUT2D eigenvalue weighted by Crippen LogP contribution is 2.25. The Bertz CT molecular complexity index is 395. The predicted molar refractivity (Wildman–Crippen MR) is 66.9 cm³/mol. The number of ether oxygens (including phenoxy) is 1. The lowest BCUT2D eigenvalue weighted by molar-refractivity contribution is 0.0935. The number of methoxy groups -OCH3 is 1. The predicted octanol–water partition coefficient (Wildman–Crippen LogP) is 1.46. The maximum Gasteiger partial charge on any atom is 0.176 e. The Kier molecular flexibility index (Phi) is 5.41. The summed E-state index contributed by atoms with van der Waals surface area (Å²) in [5, 5.41) is 9.16. The molecule has 0 aliphatic rings. The second kappa shape index (κ2) is 6.59. The number of aliphatic hydroxyl groups excluding tert-OH is 1.